The van der Waals surface area contributed by atoms with E-state index in [1.54, 1.807) is 15.5 Å². The Kier molecular flexibility index (Phi) is 4.53. The highest BCUT2D eigenvalue weighted by atomic mass is 32.1. The Balaban J connectivity index is 1.50. The summed E-state index contributed by atoms with van der Waals surface area (Å²) in [6, 6.07) is 14.8. The first kappa shape index (κ1) is 17.5. The van der Waals surface area contributed by atoms with Gasteiger partial charge in [0.1, 0.15) is 0 Å². The number of rotatable bonds is 4. The van der Waals surface area contributed by atoms with E-state index in [1.807, 2.05) is 49.4 Å². The molecule has 0 radical (unpaired) electrons. The summed E-state index contributed by atoms with van der Waals surface area (Å²) in [7, 11) is 0. The second-order valence-corrected chi connectivity index (χ2v) is 7.52. The summed E-state index contributed by atoms with van der Waals surface area (Å²) in [6.45, 7) is 2.92. The lowest BCUT2D eigenvalue weighted by Gasteiger charge is -2.16. The van der Waals surface area contributed by atoms with E-state index in [2.05, 4.69) is 5.32 Å². The molecular formula is C20H19N3O3S. The van der Waals surface area contributed by atoms with Crippen LogP contribution in [0.15, 0.2) is 53.3 Å². The molecule has 1 saturated heterocycles. The van der Waals surface area contributed by atoms with Gasteiger partial charge in [0.05, 0.1) is 16.1 Å². The molecule has 27 heavy (non-hydrogen) atoms. The molecule has 2 aromatic carbocycles. The van der Waals surface area contributed by atoms with Crippen LogP contribution >= 0.6 is 11.3 Å². The summed E-state index contributed by atoms with van der Waals surface area (Å²) in [5.74, 6) is -0.620. The second-order valence-electron chi connectivity index (χ2n) is 6.52. The van der Waals surface area contributed by atoms with Gasteiger partial charge in [-0.3, -0.25) is 19.0 Å². The van der Waals surface area contributed by atoms with Crippen LogP contribution in [0.4, 0.5) is 11.4 Å². The molecular weight excluding hydrogens is 362 g/mol. The minimum Gasteiger partial charge on any atom is -0.326 e. The van der Waals surface area contributed by atoms with Crippen molar-refractivity contribution >= 4 is 44.7 Å². The number of hydrogen-bond acceptors (Lipinski definition) is 4. The van der Waals surface area contributed by atoms with Gasteiger partial charge in [0, 0.05) is 30.9 Å². The van der Waals surface area contributed by atoms with Crippen LogP contribution in [0.5, 0.6) is 0 Å². The molecule has 0 unspecified atom stereocenters. The predicted octanol–water partition coefficient (Wildman–Crippen LogP) is 3.07. The third-order valence-electron chi connectivity index (χ3n) is 4.82. The Hall–Kier alpha value is -2.93. The molecule has 2 heterocycles. The van der Waals surface area contributed by atoms with Gasteiger partial charge in [0.25, 0.3) is 0 Å². The lowest BCUT2D eigenvalue weighted by Crippen LogP contribution is -2.28. The predicted molar refractivity (Wildman–Crippen MR) is 107 cm³/mol. The minimum absolute atomic E-state index is 0.00382. The molecule has 0 bridgehead atoms. The number of benzene rings is 2. The van der Waals surface area contributed by atoms with Gasteiger partial charge in [0.15, 0.2) is 0 Å². The average molecular weight is 381 g/mol. The molecule has 138 valence electrons. The number of thiazole rings is 1. The van der Waals surface area contributed by atoms with E-state index < -0.39 is 5.92 Å². The molecule has 0 aliphatic carbocycles. The molecule has 6 nitrogen and oxygen atoms in total. The number of hydrogen-bond donors (Lipinski definition) is 1. The van der Waals surface area contributed by atoms with Crippen molar-refractivity contribution < 1.29 is 9.59 Å². The molecule has 1 aliphatic heterocycles. The summed E-state index contributed by atoms with van der Waals surface area (Å²) < 4.78 is 2.55. The van der Waals surface area contributed by atoms with Crippen molar-refractivity contribution in [1.82, 2.24) is 4.57 Å². The maximum atomic E-state index is 12.6. The number of anilines is 2. The summed E-state index contributed by atoms with van der Waals surface area (Å²) >= 11 is 1.17. The molecule has 1 aliphatic rings. The summed E-state index contributed by atoms with van der Waals surface area (Å²) in [5, 5.41) is 2.89. The monoisotopic (exact) mass is 381 g/mol. The van der Waals surface area contributed by atoms with E-state index in [0.717, 1.165) is 15.9 Å². The molecule has 1 atom stereocenters. The van der Waals surface area contributed by atoms with Gasteiger partial charge in [-0.25, -0.2) is 0 Å². The summed E-state index contributed by atoms with van der Waals surface area (Å²) in [6.07, 6.45) is 0.197. The number of nitrogens with zero attached hydrogens (tertiary/aromatic N) is 2. The van der Waals surface area contributed by atoms with E-state index >= 15 is 0 Å². The highest BCUT2D eigenvalue weighted by Crippen LogP contribution is 2.27. The van der Waals surface area contributed by atoms with Gasteiger partial charge in [0.2, 0.25) is 11.8 Å². The van der Waals surface area contributed by atoms with Crippen molar-refractivity contribution in [3.63, 3.8) is 0 Å². The smallest absolute Gasteiger partial charge is 0.308 e. The minimum atomic E-state index is -0.396. The standard InChI is InChI=1S/C20H19N3O3S/c1-2-22-16-9-8-14(11-17(16)27-20(22)26)21-19(25)13-10-18(24)23(12-13)15-6-4-3-5-7-15/h3-9,11,13H,2,10,12H2,1H3,(H,21,25)/t13-/m1/s1. The van der Waals surface area contributed by atoms with E-state index in [-0.39, 0.29) is 23.1 Å². The maximum Gasteiger partial charge on any atom is 0.308 e. The first-order chi connectivity index (χ1) is 13.1. The molecule has 0 saturated carbocycles. The fourth-order valence-electron chi connectivity index (χ4n) is 3.43. The number of amides is 2. The molecule has 3 aromatic rings. The zero-order valence-electron chi connectivity index (χ0n) is 14.8. The van der Waals surface area contributed by atoms with Crippen molar-refractivity contribution in [2.75, 3.05) is 16.8 Å². The largest absolute Gasteiger partial charge is 0.326 e. The van der Waals surface area contributed by atoms with Gasteiger partial charge in [-0.1, -0.05) is 29.5 Å². The van der Waals surface area contributed by atoms with Crippen molar-refractivity contribution in [3.8, 4) is 0 Å². The number of para-hydroxylation sites is 1. The number of fused-ring (bicyclic) bond motifs is 1. The van der Waals surface area contributed by atoms with Gasteiger partial charge in [-0.05, 0) is 37.3 Å². The van der Waals surface area contributed by atoms with E-state index in [0.29, 0.717) is 18.8 Å². The van der Waals surface area contributed by atoms with Crippen molar-refractivity contribution in [2.24, 2.45) is 5.92 Å². The van der Waals surface area contributed by atoms with Crippen LogP contribution in [0, 0.1) is 5.92 Å². The Morgan fingerprint density at radius 3 is 2.70 bits per heavy atom. The van der Waals surface area contributed by atoms with E-state index in [1.165, 1.54) is 11.3 Å². The molecule has 0 spiro atoms. The van der Waals surface area contributed by atoms with Gasteiger partial charge in [-0.15, -0.1) is 0 Å². The molecule has 1 N–H and O–H groups in total. The highest BCUT2D eigenvalue weighted by Gasteiger charge is 2.35. The Morgan fingerprint density at radius 1 is 1.19 bits per heavy atom. The topological polar surface area (TPSA) is 71.4 Å². The molecule has 4 rings (SSSR count). The number of aryl methyl sites for hydroxylation is 1. The quantitative estimate of drug-likeness (QED) is 0.755. The van der Waals surface area contributed by atoms with Crippen molar-refractivity contribution in [3.05, 3.63) is 58.2 Å². The normalized spacial score (nSPS) is 16.9. The van der Waals surface area contributed by atoms with Crippen LogP contribution in [-0.4, -0.2) is 22.9 Å². The van der Waals surface area contributed by atoms with Gasteiger partial charge in [-0.2, -0.15) is 0 Å². The number of nitrogens with one attached hydrogen (secondary N) is 1. The fourth-order valence-corrected chi connectivity index (χ4v) is 4.42. The lowest BCUT2D eigenvalue weighted by molar-refractivity contribution is -0.122. The van der Waals surface area contributed by atoms with Crippen LogP contribution in [-0.2, 0) is 16.1 Å². The fraction of sp³-hybridized carbons (Fsp3) is 0.250. The van der Waals surface area contributed by atoms with E-state index in [4.69, 9.17) is 0 Å². The van der Waals surface area contributed by atoms with Crippen LogP contribution < -0.4 is 15.1 Å². The second kappa shape index (κ2) is 7.00. The Morgan fingerprint density at radius 2 is 1.96 bits per heavy atom. The van der Waals surface area contributed by atoms with Gasteiger partial charge < -0.3 is 10.2 Å². The Labute approximate surface area is 160 Å². The van der Waals surface area contributed by atoms with Crippen LogP contribution in [0.2, 0.25) is 0 Å². The highest BCUT2D eigenvalue weighted by molar-refractivity contribution is 7.16. The molecule has 2 amide bonds. The molecule has 7 heteroatoms. The number of aromatic nitrogens is 1. The van der Waals surface area contributed by atoms with Crippen LogP contribution in [0.25, 0.3) is 10.2 Å². The molecule has 1 aromatic heterocycles. The molecule has 1 fully saturated rings. The first-order valence-electron chi connectivity index (χ1n) is 8.86. The maximum absolute atomic E-state index is 12.6. The van der Waals surface area contributed by atoms with E-state index in [9.17, 15) is 14.4 Å². The zero-order chi connectivity index (χ0) is 19.0. The van der Waals surface area contributed by atoms with Crippen molar-refractivity contribution in [1.29, 1.82) is 0 Å². The van der Waals surface area contributed by atoms with Crippen LogP contribution in [0.1, 0.15) is 13.3 Å². The zero-order valence-corrected chi connectivity index (χ0v) is 15.7. The van der Waals surface area contributed by atoms with Crippen molar-refractivity contribution in [2.45, 2.75) is 19.9 Å². The average Bonchev–Trinajstić information content (AvgIpc) is 3.21. The Bertz CT molecular complexity index is 1070. The van der Waals surface area contributed by atoms with Gasteiger partial charge >= 0.3 is 4.87 Å². The third kappa shape index (κ3) is 3.26. The number of carbonyl (C=O) groups is 2. The summed E-state index contributed by atoms with van der Waals surface area (Å²) in [4.78, 5) is 38.6. The first-order valence-corrected chi connectivity index (χ1v) is 9.68. The lowest BCUT2D eigenvalue weighted by atomic mass is 10.1. The summed E-state index contributed by atoms with van der Waals surface area (Å²) in [5.41, 5.74) is 2.32. The van der Waals surface area contributed by atoms with Crippen LogP contribution in [0.3, 0.4) is 0 Å². The SMILES string of the molecule is CCn1c(=O)sc2cc(NC(=O)[C@@H]3CC(=O)N(c4ccccc4)C3)ccc21. The number of carbonyl (C=O) groups excluding carboxylic acids is 2. The third-order valence-corrected chi connectivity index (χ3v) is 5.76.